The molecule has 1 N–H and O–H groups in total. The summed E-state index contributed by atoms with van der Waals surface area (Å²) in [5.74, 6) is 0.355. The molecular weight excluding hydrogens is 444 g/mol. The van der Waals surface area contributed by atoms with Crippen LogP contribution in [0.3, 0.4) is 0 Å². The molecule has 4 rings (SSSR count). The zero-order valence-corrected chi connectivity index (χ0v) is 19.2. The number of amides is 2. The summed E-state index contributed by atoms with van der Waals surface area (Å²) in [4.78, 5) is 39.2. The fraction of sp³-hybridized carbons (Fsp3) is 0.375. The molecule has 0 unspecified atom stereocenters. The number of hydrogen-bond acceptors (Lipinski definition) is 8. The molecule has 2 atom stereocenters. The van der Waals surface area contributed by atoms with Crippen molar-refractivity contribution in [3.8, 4) is 23.0 Å². The van der Waals surface area contributed by atoms with E-state index in [-0.39, 0.29) is 32.2 Å². The van der Waals surface area contributed by atoms with Crippen LogP contribution in [0.1, 0.15) is 18.9 Å². The molecule has 2 aliphatic heterocycles. The molecule has 1 fully saturated rings. The van der Waals surface area contributed by atoms with Gasteiger partial charge >= 0.3 is 5.97 Å². The highest BCUT2D eigenvalue weighted by Crippen LogP contribution is 2.36. The van der Waals surface area contributed by atoms with Crippen molar-refractivity contribution < 1.29 is 38.1 Å². The summed E-state index contributed by atoms with van der Waals surface area (Å²) in [6, 6.07) is 10.5. The molecule has 0 bridgehead atoms. The monoisotopic (exact) mass is 470 g/mol. The molecule has 2 aromatic carbocycles. The lowest BCUT2D eigenvalue weighted by Crippen LogP contribution is -2.37. The molecule has 180 valence electrons. The Morgan fingerprint density at radius 3 is 2.68 bits per heavy atom. The van der Waals surface area contributed by atoms with E-state index < -0.39 is 23.9 Å². The van der Waals surface area contributed by atoms with Crippen LogP contribution in [0.25, 0.3) is 0 Å². The van der Waals surface area contributed by atoms with Crippen LogP contribution in [0.15, 0.2) is 36.4 Å². The first-order valence-electron chi connectivity index (χ1n) is 10.8. The van der Waals surface area contributed by atoms with E-state index in [1.807, 2.05) is 6.07 Å². The average Bonchev–Trinajstić information content (AvgIpc) is 3.48. The molecule has 0 saturated carbocycles. The molecule has 1 saturated heterocycles. The van der Waals surface area contributed by atoms with Gasteiger partial charge in [-0.15, -0.1) is 0 Å². The zero-order chi connectivity index (χ0) is 24.2. The third kappa shape index (κ3) is 4.85. The van der Waals surface area contributed by atoms with E-state index >= 15 is 0 Å². The van der Waals surface area contributed by atoms with E-state index in [0.29, 0.717) is 28.7 Å². The molecule has 0 spiro atoms. The normalized spacial score (nSPS) is 17.3. The smallest absolute Gasteiger partial charge is 0.312 e. The lowest BCUT2D eigenvalue weighted by Gasteiger charge is -2.20. The van der Waals surface area contributed by atoms with Gasteiger partial charge in [-0.05, 0) is 36.8 Å². The number of nitrogens with one attached hydrogen (secondary N) is 1. The summed E-state index contributed by atoms with van der Waals surface area (Å²) in [6.07, 6.45) is -1.03. The van der Waals surface area contributed by atoms with Crippen LogP contribution in [0.4, 0.5) is 5.69 Å². The van der Waals surface area contributed by atoms with Gasteiger partial charge in [0.15, 0.2) is 17.6 Å². The van der Waals surface area contributed by atoms with Crippen molar-refractivity contribution in [2.45, 2.75) is 26.0 Å². The molecule has 2 aliphatic rings. The minimum absolute atomic E-state index is 0.0143. The third-order valence-corrected chi connectivity index (χ3v) is 5.70. The van der Waals surface area contributed by atoms with Gasteiger partial charge in [-0.3, -0.25) is 14.4 Å². The van der Waals surface area contributed by atoms with E-state index in [1.165, 1.54) is 26.0 Å². The van der Waals surface area contributed by atoms with Crippen molar-refractivity contribution in [3.05, 3.63) is 42.0 Å². The Bertz CT molecular complexity index is 1100. The van der Waals surface area contributed by atoms with Gasteiger partial charge in [0.2, 0.25) is 12.7 Å². The van der Waals surface area contributed by atoms with Crippen molar-refractivity contribution in [3.63, 3.8) is 0 Å². The topological polar surface area (TPSA) is 113 Å². The molecule has 0 aliphatic carbocycles. The van der Waals surface area contributed by atoms with E-state index in [4.69, 9.17) is 23.7 Å². The van der Waals surface area contributed by atoms with Crippen molar-refractivity contribution in [2.24, 2.45) is 5.92 Å². The zero-order valence-electron chi connectivity index (χ0n) is 19.2. The van der Waals surface area contributed by atoms with Gasteiger partial charge < -0.3 is 33.9 Å². The number of carbonyl (C=O) groups is 3. The highest BCUT2D eigenvalue weighted by molar-refractivity contribution is 6.01. The summed E-state index contributed by atoms with van der Waals surface area (Å²) in [6.45, 7) is 2.04. The first-order chi connectivity index (χ1) is 16.4. The van der Waals surface area contributed by atoms with Gasteiger partial charge in [-0.1, -0.05) is 6.07 Å². The Hall–Kier alpha value is -3.95. The Kier molecular flexibility index (Phi) is 6.76. The minimum Gasteiger partial charge on any atom is -0.497 e. The maximum atomic E-state index is 12.7. The lowest BCUT2D eigenvalue weighted by molar-refractivity contribution is -0.158. The SMILES string of the molecule is COc1ccc(N2C[C@H](C(=O)O[C@H](C)C(=O)NCc3ccc4c(c3)OCO4)CC2=O)c(OC)c1. The van der Waals surface area contributed by atoms with Gasteiger partial charge in [-0.25, -0.2) is 0 Å². The fourth-order valence-electron chi connectivity index (χ4n) is 3.81. The standard InChI is InChI=1S/C24H26N2O8/c1-14(23(28)25-11-15-4-7-19-21(8-15)33-13-32-19)34-24(29)16-9-22(27)26(12-16)18-6-5-17(30-2)10-20(18)31-3/h4-8,10,14,16H,9,11-13H2,1-3H3,(H,25,28)/t14-,16-/m1/s1. The van der Waals surface area contributed by atoms with E-state index in [2.05, 4.69) is 5.32 Å². The molecule has 0 radical (unpaired) electrons. The quantitative estimate of drug-likeness (QED) is 0.584. The van der Waals surface area contributed by atoms with Crippen molar-refractivity contribution >= 4 is 23.5 Å². The predicted molar refractivity (Wildman–Crippen MR) is 120 cm³/mol. The minimum atomic E-state index is -1.01. The average molecular weight is 470 g/mol. The molecule has 2 heterocycles. The third-order valence-electron chi connectivity index (χ3n) is 5.70. The second-order valence-corrected chi connectivity index (χ2v) is 7.93. The van der Waals surface area contributed by atoms with Crippen molar-refractivity contribution in [1.29, 1.82) is 0 Å². The molecular formula is C24H26N2O8. The van der Waals surface area contributed by atoms with Crippen LogP contribution in [0.2, 0.25) is 0 Å². The molecule has 10 heteroatoms. The number of benzene rings is 2. The molecule has 0 aromatic heterocycles. The maximum absolute atomic E-state index is 12.7. The number of ether oxygens (including phenoxy) is 5. The first kappa shape index (κ1) is 23.2. The molecule has 10 nitrogen and oxygen atoms in total. The number of rotatable bonds is 8. The van der Waals surface area contributed by atoms with Gasteiger partial charge in [0.25, 0.3) is 5.91 Å². The van der Waals surface area contributed by atoms with Crippen molar-refractivity contribution in [2.75, 3.05) is 32.5 Å². The Morgan fingerprint density at radius 1 is 1.12 bits per heavy atom. The van der Waals surface area contributed by atoms with Crippen LogP contribution >= 0.6 is 0 Å². The number of fused-ring (bicyclic) bond motifs is 1. The number of hydrogen-bond donors (Lipinski definition) is 1. The first-order valence-corrected chi connectivity index (χ1v) is 10.8. The highest BCUT2D eigenvalue weighted by atomic mass is 16.7. The summed E-state index contributed by atoms with van der Waals surface area (Å²) < 4.78 is 26.5. The fourth-order valence-corrected chi connectivity index (χ4v) is 3.81. The van der Waals surface area contributed by atoms with Crippen LogP contribution in [-0.4, -0.2) is 51.4 Å². The van der Waals surface area contributed by atoms with Crippen molar-refractivity contribution in [1.82, 2.24) is 5.32 Å². The Morgan fingerprint density at radius 2 is 1.91 bits per heavy atom. The van der Waals surface area contributed by atoms with E-state index in [1.54, 1.807) is 30.3 Å². The number of carbonyl (C=O) groups excluding carboxylic acids is 3. The molecule has 2 aromatic rings. The summed E-state index contributed by atoms with van der Waals surface area (Å²) in [5.41, 5.74) is 1.36. The second-order valence-electron chi connectivity index (χ2n) is 7.93. The Labute approximate surface area is 196 Å². The van der Waals surface area contributed by atoms with Crippen LogP contribution < -0.4 is 29.2 Å². The summed E-state index contributed by atoms with van der Waals surface area (Å²) >= 11 is 0. The van der Waals surface area contributed by atoms with Gasteiger partial charge in [-0.2, -0.15) is 0 Å². The molecule has 2 amide bonds. The number of esters is 1. The van der Waals surface area contributed by atoms with Gasteiger partial charge in [0.05, 0.1) is 25.8 Å². The molecule has 34 heavy (non-hydrogen) atoms. The second kappa shape index (κ2) is 9.90. The Balaban J connectivity index is 1.32. The highest BCUT2D eigenvalue weighted by Gasteiger charge is 2.38. The number of methoxy groups -OCH3 is 2. The predicted octanol–water partition coefficient (Wildman–Crippen LogP) is 2.03. The van der Waals surface area contributed by atoms with Crippen LogP contribution in [0.5, 0.6) is 23.0 Å². The summed E-state index contributed by atoms with van der Waals surface area (Å²) in [5, 5.41) is 2.74. The number of anilines is 1. The van der Waals surface area contributed by atoms with Crippen LogP contribution in [0, 0.1) is 5.92 Å². The van der Waals surface area contributed by atoms with Gasteiger partial charge in [0.1, 0.15) is 11.5 Å². The van der Waals surface area contributed by atoms with E-state index in [0.717, 1.165) is 5.56 Å². The lowest BCUT2D eigenvalue weighted by atomic mass is 10.1. The maximum Gasteiger partial charge on any atom is 0.312 e. The summed E-state index contributed by atoms with van der Waals surface area (Å²) in [7, 11) is 3.03. The number of nitrogens with zero attached hydrogens (tertiary/aromatic N) is 1. The van der Waals surface area contributed by atoms with E-state index in [9.17, 15) is 14.4 Å². The van der Waals surface area contributed by atoms with Crippen LogP contribution in [-0.2, 0) is 25.7 Å². The van der Waals surface area contributed by atoms with Gasteiger partial charge in [0, 0.05) is 25.6 Å². The largest absolute Gasteiger partial charge is 0.497 e.